The van der Waals surface area contributed by atoms with E-state index in [9.17, 15) is 0 Å². The maximum atomic E-state index is 5.51. The summed E-state index contributed by atoms with van der Waals surface area (Å²) in [6.07, 6.45) is 0. The van der Waals surface area contributed by atoms with Crippen molar-refractivity contribution in [2.24, 2.45) is 0 Å². The molecule has 0 saturated carbocycles. The van der Waals surface area contributed by atoms with Crippen molar-refractivity contribution in [3.63, 3.8) is 0 Å². The normalized spacial score (nSPS) is 15.6. The first-order chi connectivity index (χ1) is 21.9. The monoisotopic (exact) mass is 789 g/mol. The summed E-state index contributed by atoms with van der Waals surface area (Å²) in [6, 6.07) is 64.6. The van der Waals surface area contributed by atoms with Gasteiger partial charge in [-0.1, -0.05) is 133 Å². The molecule has 2 nitrogen and oxygen atoms in total. The van der Waals surface area contributed by atoms with Crippen LogP contribution in [-0.4, -0.2) is 27.5 Å². The van der Waals surface area contributed by atoms with Crippen molar-refractivity contribution in [2.45, 2.75) is 0 Å². The molecule has 6 aromatic carbocycles. The van der Waals surface area contributed by atoms with E-state index < -0.39 is 21.5 Å². The molecule has 1 aliphatic heterocycles. The minimum atomic E-state index is -4.28. The first-order valence-electron chi connectivity index (χ1n) is 14.6. The smallest absolute Gasteiger partial charge is 0.0622 e. The number of hydrogen-bond donors (Lipinski definition) is 0. The minimum absolute atomic E-state index is 0.415. The van der Waals surface area contributed by atoms with Crippen molar-refractivity contribution >= 4 is 69.6 Å². The van der Waals surface area contributed by atoms with Gasteiger partial charge in [0, 0.05) is 0 Å². The molecular weight excluding hydrogens is 753 g/mol. The quantitative estimate of drug-likeness (QED) is 0.128. The summed E-state index contributed by atoms with van der Waals surface area (Å²) >= 11 is -4.28. The van der Waals surface area contributed by atoms with Crippen LogP contribution in [0.3, 0.4) is 0 Å². The first kappa shape index (κ1) is 33.7. The predicted octanol–water partition coefficient (Wildman–Crippen LogP) is 9.03. The fourth-order valence-corrected chi connectivity index (χ4v) is 14.4. The Bertz CT molecular complexity index is 1510. The molecule has 0 unspecified atom stereocenters. The molecule has 6 aromatic rings. The molecule has 1 fully saturated rings. The van der Waals surface area contributed by atoms with Gasteiger partial charge in [0.15, 0.2) is 0 Å². The van der Waals surface area contributed by atoms with E-state index in [4.69, 9.17) is 33.1 Å². The van der Waals surface area contributed by atoms with Gasteiger partial charge in [-0.2, -0.15) is 0 Å². The second-order valence-corrected chi connectivity index (χ2v) is 34.7. The Morgan fingerprint density at radius 2 is 0.578 bits per heavy atom. The molecular formula is C38H35Cl3O2PTe+. The Morgan fingerprint density at radius 1 is 0.356 bits per heavy atom. The summed E-state index contributed by atoms with van der Waals surface area (Å²) < 4.78 is 9.61. The van der Waals surface area contributed by atoms with Crippen LogP contribution in [0, 0.1) is 0 Å². The molecule has 1 saturated heterocycles. The predicted molar refractivity (Wildman–Crippen MR) is 200 cm³/mol. The standard InChI is InChI=1S/C24H20P.C12H10.C2H5Cl3O2Te/c1-5-13-21(14-6-1)25(22-15-7-2-8-16-22,23-17-9-3-10-18-23)24-19-11-4-12-20-24;1-3-7-11(8-4-1)12-9-5-2-6-10-12;3-8(4,5)6-1-2-7-8/h1-20H;1-10H;8H,1-2H2/q+1;;. The number of benzene rings is 6. The van der Waals surface area contributed by atoms with E-state index in [1.165, 1.54) is 32.3 Å². The maximum Gasteiger partial charge on any atom is 0.144 e. The van der Waals surface area contributed by atoms with Crippen LogP contribution in [0.1, 0.15) is 0 Å². The van der Waals surface area contributed by atoms with Crippen LogP contribution in [0.25, 0.3) is 11.1 Å². The van der Waals surface area contributed by atoms with Gasteiger partial charge in [0.05, 0.1) is 0 Å². The second kappa shape index (κ2) is 15.8. The van der Waals surface area contributed by atoms with Crippen LogP contribution in [0.4, 0.5) is 0 Å². The third-order valence-corrected chi connectivity index (χ3v) is 18.7. The van der Waals surface area contributed by atoms with Crippen molar-refractivity contribution in [3.8, 4) is 11.1 Å². The van der Waals surface area contributed by atoms with E-state index in [-0.39, 0.29) is 0 Å². The maximum absolute atomic E-state index is 5.51. The average Bonchev–Trinajstić information content (AvgIpc) is 3.47. The summed E-state index contributed by atoms with van der Waals surface area (Å²) in [5.41, 5.74) is 2.55. The molecule has 7 heteroatoms. The van der Waals surface area contributed by atoms with Gasteiger partial charge in [0.25, 0.3) is 0 Å². The summed E-state index contributed by atoms with van der Waals surface area (Å²) in [6.45, 7) is 0.830. The van der Waals surface area contributed by atoms with Crippen LogP contribution >= 0.6 is 34.2 Å². The van der Waals surface area contributed by atoms with E-state index in [1.54, 1.807) is 0 Å². The molecule has 0 aromatic heterocycles. The zero-order chi connectivity index (χ0) is 31.5. The molecule has 45 heavy (non-hydrogen) atoms. The van der Waals surface area contributed by atoms with Gasteiger partial charge in [0.2, 0.25) is 0 Å². The molecule has 0 N–H and O–H groups in total. The second-order valence-electron chi connectivity index (χ2n) is 10.1. The topological polar surface area (TPSA) is 18.5 Å². The van der Waals surface area contributed by atoms with Gasteiger partial charge in [0.1, 0.15) is 28.5 Å². The Morgan fingerprint density at radius 3 is 0.778 bits per heavy atom. The van der Waals surface area contributed by atoms with Crippen molar-refractivity contribution in [1.82, 2.24) is 0 Å². The molecule has 0 amide bonds. The fourth-order valence-electron chi connectivity index (χ4n) is 5.16. The molecule has 230 valence electrons. The molecule has 0 radical (unpaired) electrons. The fraction of sp³-hybridized carbons (Fsp3) is 0.0526. The van der Waals surface area contributed by atoms with Crippen molar-refractivity contribution < 1.29 is 6.20 Å². The molecule has 1 aliphatic rings. The number of rotatable bonds is 5. The molecule has 0 atom stereocenters. The molecule has 0 aliphatic carbocycles. The van der Waals surface area contributed by atoms with E-state index in [0.717, 1.165) is 0 Å². The van der Waals surface area contributed by atoms with Crippen molar-refractivity contribution in [2.75, 3.05) is 13.2 Å². The molecule has 0 bridgehead atoms. The average molecular weight is 789 g/mol. The van der Waals surface area contributed by atoms with E-state index in [1.807, 2.05) is 12.1 Å². The molecule has 0 spiro atoms. The molecule has 1 heterocycles. The van der Waals surface area contributed by atoms with E-state index in [2.05, 4.69) is 170 Å². The van der Waals surface area contributed by atoms with Crippen LogP contribution in [0.2, 0.25) is 0 Å². The number of halogens is 3. The Balaban J connectivity index is 0.000000164. The van der Waals surface area contributed by atoms with Crippen LogP contribution < -0.4 is 21.2 Å². The van der Waals surface area contributed by atoms with Gasteiger partial charge >= 0.3 is 60.6 Å². The van der Waals surface area contributed by atoms with Crippen LogP contribution in [0.15, 0.2) is 182 Å². The van der Waals surface area contributed by atoms with Gasteiger partial charge in [-0.25, -0.2) is 0 Å². The summed E-state index contributed by atoms with van der Waals surface area (Å²) in [4.78, 5) is 0. The Kier molecular flexibility index (Phi) is 11.8. The SMILES string of the molecule is Cl[TeH]1(Cl)(Cl)OCCO1.c1ccc(-c2ccccc2)cc1.c1ccc([P+](c2ccccc2)(c2ccccc2)c2ccccc2)cc1. The Labute approximate surface area is 280 Å². The van der Waals surface area contributed by atoms with Gasteiger partial charge in [-0.15, -0.1) is 0 Å². The van der Waals surface area contributed by atoms with Gasteiger partial charge in [-0.3, -0.25) is 0 Å². The van der Waals surface area contributed by atoms with Crippen molar-refractivity contribution in [1.29, 1.82) is 0 Å². The minimum Gasteiger partial charge on any atom is -0.0622 e. The van der Waals surface area contributed by atoms with Gasteiger partial charge in [-0.05, 0) is 59.7 Å². The first-order valence-corrected chi connectivity index (χ1v) is 28.1. The largest absolute Gasteiger partial charge is 0.144 e. The third-order valence-electron chi connectivity index (χ3n) is 7.12. The molecule has 7 rings (SSSR count). The summed E-state index contributed by atoms with van der Waals surface area (Å²) in [5.74, 6) is 0. The zero-order valence-corrected chi connectivity index (χ0v) is 30.3. The summed E-state index contributed by atoms with van der Waals surface area (Å²) in [7, 11) is 14.6. The van der Waals surface area contributed by atoms with Gasteiger partial charge < -0.3 is 0 Å². The van der Waals surface area contributed by atoms with Crippen molar-refractivity contribution in [3.05, 3.63) is 182 Å². The zero-order valence-electron chi connectivity index (χ0n) is 24.6. The van der Waals surface area contributed by atoms with E-state index >= 15 is 0 Å². The Hall–Kier alpha value is -2.67. The van der Waals surface area contributed by atoms with E-state index in [0.29, 0.717) is 13.2 Å². The summed E-state index contributed by atoms with van der Waals surface area (Å²) in [5, 5.41) is 5.55. The third kappa shape index (κ3) is 8.99. The van der Waals surface area contributed by atoms with Crippen LogP contribution in [0.5, 0.6) is 0 Å². The van der Waals surface area contributed by atoms with Crippen LogP contribution in [-0.2, 0) is 6.20 Å². The number of hydrogen-bond acceptors (Lipinski definition) is 2.